The summed E-state index contributed by atoms with van der Waals surface area (Å²) in [5.41, 5.74) is 7.23. The van der Waals surface area contributed by atoms with E-state index in [0.29, 0.717) is 12.1 Å². The number of nitrogens with two attached hydrogens (primary N) is 1. The van der Waals surface area contributed by atoms with Crippen LogP contribution in [-0.2, 0) is 0 Å². The van der Waals surface area contributed by atoms with Crippen molar-refractivity contribution in [3.05, 3.63) is 29.8 Å². The second-order valence-electron chi connectivity index (χ2n) is 4.75. The van der Waals surface area contributed by atoms with E-state index < -0.39 is 0 Å². The highest BCUT2D eigenvalue weighted by molar-refractivity contribution is 5.94. The van der Waals surface area contributed by atoms with Gasteiger partial charge >= 0.3 is 0 Å². The van der Waals surface area contributed by atoms with Crippen LogP contribution in [0.25, 0.3) is 0 Å². The van der Waals surface area contributed by atoms with Crippen molar-refractivity contribution in [1.29, 1.82) is 0 Å². The Hall–Kier alpha value is -1.55. The molecule has 1 unspecified atom stereocenters. The van der Waals surface area contributed by atoms with Gasteiger partial charge in [-0.25, -0.2) is 0 Å². The second-order valence-corrected chi connectivity index (χ2v) is 4.75. The van der Waals surface area contributed by atoms with Gasteiger partial charge in [0.15, 0.2) is 0 Å². The van der Waals surface area contributed by atoms with Crippen molar-refractivity contribution in [2.75, 3.05) is 25.5 Å². The second kappa shape index (κ2) is 7.01. The highest BCUT2D eigenvalue weighted by atomic mass is 16.1. The number of carbonyl (C=O) groups excluding carboxylic acids is 1. The molecule has 1 amide bonds. The van der Waals surface area contributed by atoms with E-state index in [1.807, 2.05) is 50.2 Å². The molecule has 3 N–H and O–H groups in total. The maximum atomic E-state index is 11.9. The average molecular weight is 249 g/mol. The molecule has 100 valence electrons. The number of nitrogens with zero attached hydrogens (tertiary/aromatic N) is 1. The van der Waals surface area contributed by atoms with E-state index in [-0.39, 0.29) is 11.9 Å². The molecular weight excluding hydrogens is 226 g/mol. The van der Waals surface area contributed by atoms with E-state index in [4.69, 9.17) is 5.73 Å². The summed E-state index contributed by atoms with van der Waals surface area (Å²) >= 11 is 0. The Balaban J connectivity index is 2.56. The van der Waals surface area contributed by atoms with Crippen molar-refractivity contribution in [2.45, 2.75) is 25.8 Å². The maximum absolute atomic E-state index is 11.9. The van der Waals surface area contributed by atoms with E-state index in [1.54, 1.807) is 0 Å². The Labute approximate surface area is 109 Å². The van der Waals surface area contributed by atoms with Crippen molar-refractivity contribution >= 4 is 11.6 Å². The largest absolute Gasteiger partial charge is 0.378 e. The van der Waals surface area contributed by atoms with E-state index in [1.165, 1.54) is 0 Å². The molecule has 0 aliphatic heterocycles. The molecule has 1 atom stereocenters. The number of nitrogens with one attached hydrogen (secondary N) is 1. The molecular formula is C14H23N3O. The minimum Gasteiger partial charge on any atom is -0.378 e. The van der Waals surface area contributed by atoms with Gasteiger partial charge in [-0.3, -0.25) is 4.79 Å². The molecule has 1 aromatic carbocycles. The van der Waals surface area contributed by atoms with Crippen molar-refractivity contribution in [3.63, 3.8) is 0 Å². The third kappa shape index (κ3) is 4.37. The Bertz CT molecular complexity index is 373. The van der Waals surface area contributed by atoms with Crippen molar-refractivity contribution in [3.8, 4) is 0 Å². The number of hydrogen-bond donors (Lipinski definition) is 2. The first-order valence-electron chi connectivity index (χ1n) is 6.33. The summed E-state index contributed by atoms with van der Waals surface area (Å²) in [6.45, 7) is 2.67. The van der Waals surface area contributed by atoms with Crippen LogP contribution in [0.2, 0.25) is 0 Å². The van der Waals surface area contributed by atoms with Crippen LogP contribution in [0.3, 0.4) is 0 Å². The highest BCUT2D eigenvalue weighted by Crippen LogP contribution is 2.12. The standard InChI is InChI=1S/C14H23N3O/c1-11(5-4-10-15)16-14(18)12-6-8-13(9-7-12)17(2)3/h6-9,11H,4-5,10,15H2,1-3H3,(H,16,18). The third-order valence-electron chi connectivity index (χ3n) is 2.86. The molecule has 0 saturated carbocycles. The Kier molecular flexibility index (Phi) is 5.65. The molecule has 1 rings (SSSR count). The first kappa shape index (κ1) is 14.5. The smallest absolute Gasteiger partial charge is 0.251 e. The molecule has 0 bridgehead atoms. The quantitative estimate of drug-likeness (QED) is 0.805. The number of hydrogen-bond acceptors (Lipinski definition) is 3. The van der Waals surface area contributed by atoms with Crippen LogP contribution in [0.4, 0.5) is 5.69 Å². The van der Waals surface area contributed by atoms with Crippen LogP contribution in [-0.4, -0.2) is 32.6 Å². The molecule has 0 saturated heterocycles. The van der Waals surface area contributed by atoms with E-state index in [2.05, 4.69) is 5.32 Å². The summed E-state index contributed by atoms with van der Waals surface area (Å²) in [7, 11) is 3.95. The lowest BCUT2D eigenvalue weighted by atomic mass is 10.1. The molecule has 0 aliphatic rings. The van der Waals surface area contributed by atoms with Gasteiger partial charge in [0.1, 0.15) is 0 Å². The molecule has 0 radical (unpaired) electrons. The van der Waals surface area contributed by atoms with Gasteiger partial charge in [-0.1, -0.05) is 0 Å². The molecule has 18 heavy (non-hydrogen) atoms. The lowest BCUT2D eigenvalue weighted by Gasteiger charge is -2.15. The summed E-state index contributed by atoms with van der Waals surface area (Å²) in [5.74, 6) is -0.0233. The molecule has 4 nitrogen and oxygen atoms in total. The fraction of sp³-hybridized carbons (Fsp3) is 0.500. The van der Waals surface area contributed by atoms with Gasteiger partial charge in [-0.05, 0) is 50.6 Å². The van der Waals surface area contributed by atoms with E-state index >= 15 is 0 Å². The lowest BCUT2D eigenvalue weighted by Crippen LogP contribution is -2.32. The molecule has 4 heteroatoms. The average Bonchev–Trinajstić information content (AvgIpc) is 2.36. The van der Waals surface area contributed by atoms with Gasteiger partial charge in [-0.2, -0.15) is 0 Å². The molecule has 1 aromatic rings. The molecule has 0 aromatic heterocycles. The Morgan fingerprint density at radius 1 is 1.33 bits per heavy atom. The van der Waals surface area contributed by atoms with E-state index in [0.717, 1.165) is 18.5 Å². The van der Waals surface area contributed by atoms with Gasteiger partial charge in [0.05, 0.1) is 0 Å². The first-order valence-corrected chi connectivity index (χ1v) is 6.33. The number of amides is 1. The molecule has 0 fully saturated rings. The van der Waals surface area contributed by atoms with Crippen molar-refractivity contribution < 1.29 is 4.79 Å². The first-order chi connectivity index (χ1) is 8.54. The maximum Gasteiger partial charge on any atom is 0.251 e. The summed E-state index contributed by atoms with van der Waals surface area (Å²) in [4.78, 5) is 13.9. The summed E-state index contributed by atoms with van der Waals surface area (Å²) in [6.07, 6.45) is 1.85. The molecule has 0 spiro atoms. The zero-order chi connectivity index (χ0) is 13.5. The van der Waals surface area contributed by atoms with Gasteiger partial charge < -0.3 is 16.0 Å². The van der Waals surface area contributed by atoms with Crippen molar-refractivity contribution in [2.24, 2.45) is 5.73 Å². The minimum atomic E-state index is -0.0233. The zero-order valence-corrected chi connectivity index (χ0v) is 11.4. The topological polar surface area (TPSA) is 58.4 Å². The van der Waals surface area contributed by atoms with Gasteiger partial charge in [0.25, 0.3) is 5.91 Å². The van der Waals surface area contributed by atoms with Gasteiger partial charge in [-0.15, -0.1) is 0 Å². The summed E-state index contributed by atoms with van der Waals surface area (Å²) < 4.78 is 0. The third-order valence-corrected chi connectivity index (χ3v) is 2.86. The van der Waals surface area contributed by atoms with Gasteiger partial charge in [0, 0.05) is 31.4 Å². The van der Waals surface area contributed by atoms with Gasteiger partial charge in [0.2, 0.25) is 0 Å². The van der Waals surface area contributed by atoms with Crippen LogP contribution in [0.5, 0.6) is 0 Å². The number of rotatable bonds is 6. The number of benzene rings is 1. The predicted molar refractivity (Wildman–Crippen MR) is 76.0 cm³/mol. The van der Waals surface area contributed by atoms with Crippen LogP contribution in [0, 0.1) is 0 Å². The monoisotopic (exact) mass is 249 g/mol. The number of anilines is 1. The fourth-order valence-electron chi connectivity index (χ4n) is 1.71. The predicted octanol–water partition coefficient (Wildman–Crippen LogP) is 1.61. The lowest BCUT2D eigenvalue weighted by molar-refractivity contribution is 0.0938. The summed E-state index contributed by atoms with van der Waals surface area (Å²) in [6, 6.07) is 7.74. The van der Waals surface area contributed by atoms with Crippen LogP contribution in [0.1, 0.15) is 30.1 Å². The molecule has 0 heterocycles. The summed E-state index contributed by atoms with van der Waals surface area (Å²) in [5, 5.41) is 2.97. The minimum absolute atomic E-state index is 0.0233. The molecule has 0 aliphatic carbocycles. The van der Waals surface area contributed by atoms with Crippen LogP contribution >= 0.6 is 0 Å². The normalized spacial score (nSPS) is 12.0. The van der Waals surface area contributed by atoms with E-state index in [9.17, 15) is 4.79 Å². The van der Waals surface area contributed by atoms with Crippen LogP contribution < -0.4 is 16.0 Å². The Morgan fingerprint density at radius 2 is 1.94 bits per heavy atom. The number of carbonyl (C=O) groups is 1. The van der Waals surface area contributed by atoms with Crippen LogP contribution in [0.15, 0.2) is 24.3 Å². The van der Waals surface area contributed by atoms with Crippen molar-refractivity contribution in [1.82, 2.24) is 5.32 Å². The zero-order valence-electron chi connectivity index (χ0n) is 11.4. The fourth-order valence-corrected chi connectivity index (χ4v) is 1.71. The highest BCUT2D eigenvalue weighted by Gasteiger charge is 2.09. The SMILES string of the molecule is CC(CCCN)NC(=O)c1ccc(N(C)C)cc1. The Morgan fingerprint density at radius 3 is 2.44 bits per heavy atom.